The van der Waals surface area contributed by atoms with Gasteiger partial charge in [0.1, 0.15) is 5.01 Å². The topological polar surface area (TPSA) is 91.8 Å². The van der Waals surface area contributed by atoms with Gasteiger partial charge in [-0.25, -0.2) is 4.98 Å². The van der Waals surface area contributed by atoms with Gasteiger partial charge in [-0.05, 0) is 12.8 Å². The Morgan fingerprint density at radius 2 is 2.00 bits per heavy atom. The summed E-state index contributed by atoms with van der Waals surface area (Å²) in [5.41, 5.74) is 0.607. The van der Waals surface area contributed by atoms with Crippen LogP contribution in [0.5, 0.6) is 0 Å². The van der Waals surface area contributed by atoms with E-state index in [1.165, 1.54) is 11.3 Å². The fraction of sp³-hybridized carbons (Fsp3) is 0.588. The summed E-state index contributed by atoms with van der Waals surface area (Å²) in [4.78, 5) is 31.5. The van der Waals surface area contributed by atoms with Gasteiger partial charge in [0, 0.05) is 18.5 Å². The Labute approximate surface area is 150 Å². The zero-order chi connectivity index (χ0) is 17.6. The number of allylic oxidation sites excluding steroid dienone is 2. The van der Waals surface area contributed by atoms with Crippen molar-refractivity contribution in [2.24, 2.45) is 11.8 Å². The van der Waals surface area contributed by atoms with Crippen LogP contribution in [0.3, 0.4) is 0 Å². The first-order valence-corrected chi connectivity index (χ1v) is 9.40. The number of aliphatic hydroxyl groups excluding tert-OH is 1. The Morgan fingerprint density at radius 3 is 2.68 bits per heavy atom. The third-order valence-corrected chi connectivity index (χ3v) is 5.48. The van der Waals surface area contributed by atoms with Gasteiger partial charge in [-0.1, -0.05) is 12.2 Å². The molecule has 2 N–H and O–H groups in total. The molecule has 2 atom stereocenters. The van der Waals surface area contributed by atoms with Crippen LogP contribution in [0.1, 0.15) is 23.5 Å². The third-order valence-electron chi connectivity index (χ3n) is 4.58. The van der Waals surface area contributed by atoms with E-state index >= 15 is 0 Å². The minimum absolute atomic E-state index is 0.0459. The molecule has 25 heavy (non-hydrogen) atoms. The van der Waals surface area contributed by atoms with Crippen LogP contribution in [-0.4, -0.2) is 53.1 Å². The number of hydrogen-bond donors (Lipinski definition) is 2. The Kier molecular flexibility index (Phi) is 6.17. The van der Waals surface area contributed by atoms with Crippen molar-refractivity contribution < 1.29 is 19.4 Å². The Hall–Kier alpha value is -1.77. The van der Waals surface area contributed by atoms with Crippen molar-refractivity contribution in [3.8, 4) is 0 Å². The van der Waals surface area contributed by atoms with Crippen LogP contribution in [0.15, 0.2) is 17.5 Å². The lowest BCUT2D eigenvalue weighted by molar-refractivity contribution is -0.145. The number of ether oxygens (including phenoxy) is 1. The van der Waals surface area contributed by atoms with Crippen LogP contribution in [0.4, 0.5) is 0 Å². The molecule has 1 aliphatic heterocycles. The van der Waals surface area contributed by atoms with E-state index in [4.69, 9.17) is 9.84 Å². The fourth-order valence-corrected chi connectivity index (χ4v) is 3.92. The van der Waals surface area contributed by atoms with E-state index in [-0.39, 0.29) is 30.3 Å². The molecule has 3 rings (SSSR count). The standard InChI is InChI=1S/C17H23N3O4S/c21-10-12-11-25-15(19-12)9-18-16(22)13-3-1-2-4-14(13)17(23)20-5-7-24-8-6-20/h1-2,11,13-14,21H,3-10H2,(H,18,22). The van der Waals surface area contributed by atoms with Crippen molar-refractivity contribution in [3.63, 3.8) is 0 Å². The number of aromatic nitrogens is 1. The maximum absolute atomic E-state index is 12.8. The average Bonchev–Trinajstić information content (AvgIpc) is 3.14. The predicted molar refractivity (Wildman–Crippen MR) is 92.6 cm³/mol. The second-order valence-electron chi connectivity index (χ2n) is 6.20. The molecule has 0 radical (unpaired) electrons. The number of aliphatic hydroxyl groups is 1. The van der Waals surface area contributed by atoms with Gasteiger partial charge in [0.15, 0.2) is 0 Å². The van der Waals surface area contributed by atoms with E-state index in [9.17, 15) is 9.59 Å². The highest BCUT2D eigenvalue weighted by Crippen LogP contribution is 2.28. The Morgan fingerprint density at radius 1 is 1.28 bits per heavy atom. The number of carbonyl (C=O) groups is 2. The van der Waals surface area contributed by atoms with Gasteiger partial charge >= 0.3 is 0 Å². The summed E-state index contributed by atoms with van der Waals surface area (Å²) < 4.78 is 5.30. The summed E-state index contributed by atoms with van der Waals surface area (Å²) in [6, 6.07) is 0. The average molecular weight is 365 g/mol. The summed E-state index contributed by atoms with van der Waals surface area (Å²) in [5, 5.41) is 14.5. The monoisotopic (exact) mass is 365 g/mol. The number of morpholine rings is 1. The molecule has 2 aliphatic rings. The maximum Gasteiger partial charge on any atom is 0.226 e. The van der Waals surface area contributed by atoms with Crippen LogP contribution in [-0.2, 0) is 27.5 Å². The highest BCUT2D eigenvalue weighted by Gasteiger charge is 2.36. The van der Waals surface area contributed by atoms with E-state index in [1.807, 2.05) is 17.1 Å². The van der Waals surface area contributed by atoms with Gasteiger partial charge in [-0.2, -0.15) is 0 Å². The van der Waals surface area contributed by atoms with Crippen LogP contribution < -0.4 is 5.32 Å². The maximum atomic E-state index is 12.8. The zero-order valence-electron chi connectivity index (χ0n) is 14.0. The molecule has 1 saturated heterocycles. The molecule has 7 nitrogen and oxygen atoms in total. The molecule has 8 heteroatoms. The summed E-state index contributed by atoms with van der Waals surface area (Å²) in [6.07, 6.45) is 5.13. The molecule has 0 aromatic carbocycles. The number of nitrogens with one attached hydrogen (secondary N) is 1. The molecule has 2 unspecified atom stereocenters. The van der Waals surface area contributed by atoms with Crippen molar-refractivity contribution in [3.05, 3.63) is 28.2 Å². The quantitative estimate of drug-likeness (QED) is 0.749. The number of amides is 2. The third kappa shape index (κ3) is 4.45. The van der Waals surface area contributed by atoms with Gasteiger partial charge in [0.05, 0.1) is 43.9 Å². The molecule has 0 saturated carbocycles. The van der Waals surface area contributed by atoms with Crippen LogP contribution in [0, 0.1) is 11.8 Å². The second kappa shape index (κ2) is 8.55. The van der Waals surface area contributed by atoms with Crippen LogP contribution >= 0.6 is 11.3 Å². The molecular formula is C17H23N3O4S. The highest BCUT2D eigenvalue weighted by atomic mass is 32.1. The van der Waals surface area contributed by atoms with Crippen molar-refractivity contribution in [1.82, 2.24) is 15.2 Å². The molecule has 2 heterocycles. The number of nitrogens with zero attached hydrogens (tertiary/aromatic N) is 2. The molecule has 0 bridgehead atoms. The first-order valence-electron chi connectivity index (χ1n) is 8.52. The largest absolute Gasteiger partial charge is 0.390 e. The molecule has 1 aromatic heterocycles. The summed E-state index contributed by atoms with van der Waals surface area (Å²) in [7, 11) is 0. The van der Waals surface area contributed by atoms with Gasteiger partial charge in [0.2, 0.25) is 11.8 Å². The van der Waals surface area contributed by atoms with E-state index in [0.29, 0.717) is 51.4 Å². The predicted octanol–water partition coefficient (Wildman–Crippen LogP) is 0.693. The van der Waals surface area contributed by atoms with E-state index in [2.05, 4.69) is 10.3 Å². The lowest BCUT2D eigenvalue weighted by Crippen LogP contribution is -2.48. The second-order valence-corrected chi connectivity index (χ2v) is 7.14. The summed E-state index contributed by atoms with van der Waals surface area (Å²) in [6.45, 7) is 2.52. The number of rotatable bonds is 5. The first-order chi connectivity index (χ1) is 12.2. The first kappa shape index (κ1) is 18.0. The lowest BCUT2D eigenvalue weighted by atomic mass is 9.81. The molecular weight excluding hydrogens is 342 g/mol. The highest BCUT2D eigenvalue weighted by molar-refractivity contribution is 7.09. The smallest absolute Gasteiger partial charge is 0.226 e. The van der Waals surface area contributed by atoms with Crippen molar-refractivity contribution in [2.45, 2.75) is 26.0 Å². The van der Waals surface area contributed by atoms with E-state index in [0.717, 1.165) is 5.01 Å². The lowest BCUT2D eigenvalue weighted by Gasteiger charge is -2.34. The molecule has 1 fully saturated rings. The minimum Gasteiger partial charge on any atom is -0.390 e. The van der Waals surface area contributed by atoms with Crippen LogP contribution in [0.25, 0.3) is 0 Å². The van der Waals surface area contributed by atoms with E-state index < -0.39 is 0 Å². The van der Waals surface area contributed by atoms with Gasteiger partial charge in [-0.3, -0.25) is 9.59 Å². The van der Waals surface area contributed by atoms with Crippen molar-refractivity contribution in [2.75, 3.05) is 26.3 Å². The summed E-state index contributed by atoms with van der Waals surface area (Å²) in [5.74, 6) is -0.730. The number of hydrogen-bond acceptors (Lipinski definition) is 6. The zero-order valence-corrected chi connectivity index (χ0v) is 14.8. The molecule has 2 amide bonds. The van der Waals surface area contributed by atoms with Crippen LogP contribution in [0.2, 0.25) is 0 Å². The van der Waals surface area contributed by atoms with E-state index in [1.54, 1.807) is 5.38 Å². The number of thiazole rings is 1. The van der Waals surface area contributed by atoms with Gasteiger partial charge in [0.25, 0.3) is 0 Å². The normalized spacial score (nSPS) is 23.5. The molecule has 1 aliphatic carbocycles. The van der Waals surface area contributed by atoms with Crippen molar-refractivity contribution in [1.29, 1.82) is 0 Å². The SMILES string of the molecule is O=C(NCc1nc(CO)cs1)C1CC=CCC1C(=O)N1CCOCC1. The van der Waals surface area contributed by atoms with Crippen molar-refractivity contribution >= 4 is 23.2 Å². The molecule has 0 spiro atoms. The number of carbonyl (C=O) groups excluding carboxylic acids is 2. The molecule has 136 valence electrons. The Balaban J connectivity index is 1.60. The molecule has 1 aromatic rings. The fourth-order valence-electron chi connectivity index (χ4n) is 3.19. The van der Waals surface area contributed by atoms with Gasteiger partial charge < -0.3 is 20.1 Å². The van der Waals surface area contributed by atoms with Gasteiger partial charge in [-0.15, -0.1) is 11.3 Å². The minimum atomic E-state index is -0.349. The Bertz CT molecular complexity index is 640. The summed E-state index contributed by atoms with van der Waals surface area (Å²) >= 11 is 1.40.